The van der Waals surface area contributed by atoms with Crippen LogP contribution < -0.4 is 5.32 Å². The molecular weight excluding hydrogens is 258 g/mol. The van der Waals surface area contributed by atoms with Crippen molar-refractivity contribution in [1.29, 1.82) is 0 Å². The van der Waals surface area contributed by atoms with Gasteiger partial charge in [-0.1, -0.05) is 42.5 Å². The minimum Gasteiger partial charge on any atom is -0.469 e. The molecule has 0 spiro atoms. The molecule has 0 heterocycles. The van der Waals surface area contributed by atoms with Crippen molar-refractivity contribution >= 4 is 12.1 Å². The first-order valence-corrected chi connectivity index (χ1v) is 6.42. The fourth-order valence-electron chi connectivity index (χ4n) is 2.10. The third-order valence-electron chi connectivity index (χ3n) is 3.16. The zero-order valence-electron chi connectivity index (χ0n) is 11.2. The molecule has 0 saturated carbocycles. The minimum atomic E-state index is -0.531. The first-order valence-electron chi connectivity index (χ1n) is 6.42. The van der Waals surface area contributed by atoms with Gasteiger partial charge in [0, 0.05) is 0 Å². The van der Waals surface area contributed by atoms with Gasteiger partial charge in [-0.2, -0.15) is 0 Å². The molecule has 1 N–H and O–H groups in total. The number of esters is 1. The summed E-state index contributed by atoms with van der Waals surface area (Å²) in [5, 5.41) is 2.69. The number of ether oxygens (including phenoxy) is 2. The maximum atomic E-state index is 11.7. The van der Waals surface area contributed by atoms with Crippen molar-refractivity contribution < 1.29 is 19.1 Å². The van der Waals surface area contributed by atoms with Gasteiger partial charge in [0.05, 0.1) is 19.1 Å². The average Bonchev–Trinajstić information content (AvgIpc) is 2.93. The monoisotopic (exact) mass is 275 g/mol. The van der Waals surface area contributed by atoms with E-state index >= 15 is 0 Å². The molecule has 0 bridgehead atoms. The lowest BCUT2D eigenvalue weighted by molar-refractivity contribution is -0.144. The van der Waals surface area contributed by atoms with Crippen LogP contribution in [0.25, 0.3) is 0 Å². The van der Waals surface area contributed by atoms with Crippen molar-refractivity contribution in [1.82, 2.24) is 5.32 Å². The smallest absolute Gasteiger partial charge is 0.407 e. The van der Waals surface area contributed by atoms with Gasteiger partial charge in [-0.15, -0.1) is 0 Å². The lowest BCUT2D eigenvalue weighted by Gasteiger charge is -2.18. The van der Waals surface area contributed by atoms with E-state index in [1.54, 1.807) is 6.08 Å². The summed E-state index contributed by atoms with van der Waals surface area (Å²) in [4.78, 5) is 23.2. The Morgan fingerprint density at radius 2 is 2.05 bits per heavy atom. The van der Waals surface area contributed by atoms with E-state index in [0.29, 0.717) is 6.42 Å². The van der Waals surface area contributed by atoms with Gasteiger partial charge in [-0.25, -0.2) is 4.79 Å². The Labute approximate surface area is 117 Å². The number of methoxy groups -OCH3 is 1. The van der Waals surface area contributed by atoms with Gasteiger partial charge in [0.1, 0.15) is 6.61 Å². The van der Waals surface area contributed by atoms with Gasteiger partial charge >= 0.3 is 12.1 Å². The normalized spacial score (nSPS) is 20.4. The second kappa shape index (κ2) is 6.75. The number of benzene rings is 1. The molecule has 0 radical (unpaired) electrons. The largest absolute Gasteiger partial charge is 0.469 e. The highest BCUT2D eigenvalue weighted by Gasteiger charge is 2.31. The molecule has 1 aromatic carbocycles. The maximum absolute atomic E-state index is 11.7. The maximum Gasteiger partial charge on any atom is 0.407 e. The van der Waals surface area contributed by atoms with Crippen molar-refractivity contribution in [2.24, 2.45) is 5.92 Å². The summed E-state index contributed by atoms with van der Waals surface area (Å²) in [5.74, 6) is -0.795. The fraction of sp³-hybridized carbons (Fsp3) is 0.333. The molecule has 2 atom stereocenters. The molecule has 0 aromatic heterocycles. The topological polar surface area (TPSA) is 64.6 Å². The molecule has 0 saturated heterocycles. The highest BCUT2D eigenvalue weighted by molar-refractivity contribution is 5.77. The van der Waals surface area contributed by atoms with E-state index in [0.717, 1.165) is 5.56 Å². The van der Waals surface area contributed by atoms with Gasteiger partial charge in [-0.3, -0.25) is 4.79 Å². The van der Waals surface area contributed by atoms with E-state index in [1.165, 1.54) is 7.11 Å². The summed E-state index contributed by atoms with van der Waals surface area (Å²) >= 11 is 0. The van der Waals surface area contributed by atoms with E-state index in [-0.39, 0.29) is 18.6 Å². The summed E-state index contributed by atoms with van der Waals surface area (Å²) in [6.07, 6.45) is 3.66. The Hall–Kier alpha value is -2.30. The zero-order valence-corrected chi connectivity index (χ0v) is 11.2. The SMILES string of the molecule is COC(=O)[C@H]1C=CC[C@@H]1NC(=O)OCc1ccccc1. The Morgan fingerprint density at radius 3 is 2.75 bits per heavy atom. The summed E-state index contributed by atoms with van der Waals surface area (Å²) in [7, 11) is 1.33. The molecule has 1 amide bonds. The van der Waals surface area contributed by atoms with E-state index in [9.17, 15) is 9.59 Å². The molecule has 1 aliphatic rings. The number of hydrogen-bond donors (Lipinski definition) is 1. The molecule has 20 heavy (non-hydrogen) atoms. The van der Waals surface area contributed by atoms with E-state index in [2.05, 4.69) is 5.32 Å². The van der Waals surface area contributed by atoms with E-state index in [4.69, 9.17) is 9.47 Å². The lowest BCUT2D eigenvalue weighted by atomic mass is 10.0. The standard InChI is InChI=1S/C15H17NO4/c1-19-14(17)12-8-5-9-13(12)16-15(18)20-10-11-6-3-2-4-7-11/h2-8,12-13H,9-10H2,1H3,(H,16,18)/t12-,13-/m0/s1. The van der Waals surface area contributed by atoms with Gasteiger partial charge in [0.2, 0.25) is 0 Å². The summed E-state index contributed by atoms with van der Waals surface area (Å²) in [6, 6.07) is 9.11. The van der Waals surface area contributed by atoms with Crippen LogP contribution in [0, 0.1) is 5.92 Å². The molecule has 0 unspecified atom stereocenters. The molecule has 5 nitrogen and oxygen atoms in total. The number of rotatable bonds is 4. The Balaban J connectivity index is 1.81. The Bertz CT molecular complexity index is 498. The summed E-state index contributed by atoms with van der Waals surface area (Å²) in [5.41, 5.74) is 0.914. The second-order valence-corrected chi connectivity index (χ2v) is 4.53. The summed E-state index contributed by atoms with van der Waals surface area (Å²) in [6.45, 7) is 0.204. The average molecular weight is 275 g/mol. The van der Waals surface area contributed by atoms with Gasteiger partial charge in [-0.05, 0) is 12.0 Å². The van der Waals surface area contributed by atoms with Crippen LogP contribution in [0.3, 0.4) is 0 Å². The van der Waals surface area contributed by atoms with Crippen LogP contribution in [0.4, 0.5) is 4.79 Å². The third-order valence-corrected chi connectivity index (χ3v) is 3.16. The molecule has 1 aromatic rings. The van der Waals surface area contributed by atoms with Gasteiger partial charge in [0.25, 0.3) is 0 Å². The number of carbonyl (C=O) groups excluding carboxylic acids is 2. The second-order valence-electron chi connectivity index (χ2n) is 4.53. The third kappa shape index (κ3) is 3.60. The number of alkyl carbamates (subject to hydrolysis) is 1. The Kier molecular flexibility index (Phi) is 4.76. The van der Waals surface area contributed by atoms with Crippen LogP contribution in [-0.4, -0.2) is 25.2 Å². The van der Waals surface area contributed by atoms with Crippen LogP contribution >= 0.6 is 0 Å². The van der Waals surface area contributed by atoms with Gasteiger partial charge in [0.15, 0.2) is 0 Å². The predicted molar refractivity (Wildman–Crippen MR) is 72.8 cm³/mol. The molecule has 5 heteroatoms. The first kappa shape index (κ1) is 14.1. The van der Waals surface area contributed by atoms with E-state index < -0.39 is 12.0 Å². The number of nitrogens with one attached hydrogen (secondary N) is 1. The zero-order chi connectivity index (χ0) is 14.4. The summed E-state index contributed by atoms with van der Waals surface area (Å²) < 4.78 is 9.81. The van der Waals surface area contributed by atoms with Crippen molar-refractivity contribution in [2.45, 2.75) is 19.1 Å². The first-order chi connectivity index (χ1) is 9.70. The number of carbonyl (C=O) groups is 2. The molecule has 0 aliphatic heterocycles. The van der Waals surface area contributed by atoms with E-state index in [1.807, 2.05) is 36.4 Å². The van der Waals surface area contributed by atoms with Crippen LogP contribution in [0.1, 0.15) is 12.0 Å². The van der Waals surface area contributed by atoms with Crippen LogP contribution in [0.15, 0.2) is 42.5 Å². The quantitative estimate of drug-likeness (QED) is 0.674. The van der Waals surface area contributed by atoms with Crippen LogP contribution in [0.5, 0.6) is 0 Å². The van der Waals surface area contributed by atoms with Crippen molar-refractivity contribution in [3.05, 3.63) is 48.0 Å². The molecule has 0 fully saturated rings. The Morgan fingerprint density at radius 1 is 1.30 bits per heavy atom. The van der Waals surface area contributed by atoms with Crippen LogP contribution in [-0.2, 0) is 20.9 Å². The number of hydrogen-bond acceptors (Lipinski definition) is 4. The van der Waals surface area contributed by atoms with Crippen molar-refractivity contribution in [3.8, 4) is 0 Å². The number of amides is 1. The fourth-order valence-corrected chi connectivity index (χ4v) is 2.10. The molecular formula is C15H17NO4. The van der Waals surface area contributed by atoms with Crippen molar-refractivity contribution in [2.75, 3.05) is 7.11 Å². The minimum absolute atomic E-state index is 0.204. The predicted octanol–water partition coefficient (Wildman–Crippen LogP) is 2.03. The van der Waals surface area contributed by atoms with Crippen molar-refractivity contribution in [3.63, 3.8) is 0 Å². The highest BCUT2D eigenvalue weighted by Crippen LogP contribution is 2.19. The highest BCUT2D eigenvalue weighted by atomic mass is 16.5. The molecule has 1 aliphatic carbocycles. The molecule has 2 rings (SSSR count). The molecule has 106 valence electrons. The van der Waals surface area contributed by atoms with Crippen LogP contribution in [0.2, 0.25) is 0 Å². The lowest BCUT2D eigenvalue weighted by Crippen LogP contribution is -2.41. The van der Waals surface area contributed by atoms with Gasteiger partial charge < -0.3 is 14.8 Å².